The summed E-state index contributed by atoms with van der Waals surface area (Å²) in [6.45, 7) is 2.92. The van der Waals surface area contributed by atoms with Gasteiger partial charge in [-0.3, -0.25) is 14.6 Å². The second-order valence-corrected chi connectivity index (χ2v) is 6.82. The highest BCUT2D eigenvalue weighted by molar-refractivity contribution is 5.94. The van der Waals surface area contributed by atoms with Crippen LogP contribution in [0, 0.1) is 11.2 Å². The van der Waals surface area contributed by atoms with Crippen LogP contribution in [0.15, 0.2) is 18.5 Å². The normalized spacial score (nSPS) is 24.0. The molecule has 1 aromatic heterocycles. The molecule has 0 N–H and O–H groups in total. The molecule has 0 aliphatic carbocycles. The zero-order chi connectivity index (χ0) is 17.9. The molecular formula is C18H24FN3O3. The molecule has 0 bridgehead atoms. The number of halogens is 1. The van der Waals surface area contributed by atoms with Gasteiger partial charge in [0.2, 0.25) is 5.91 Å². The molecule has 6 nitrogen and oxygen atoms in total. The summed E-state index contributed by atoms with van der Waals surface area (Å²) in [5.41, 5.74) is -0.329. The largest absolute Gasteiger partial charge is 0.383 e. The van der Waals surface area contributed by atoms with Crippen LogP contribution in [0.25, 0.3) is 0 Å². The van der Waals surface area contributed by atoms with Gasteiger partial charge >= 0.3 is 0 Å². The third-order valence-corrected chi connectivity index (χ3v) is 5.40. The average molecular weight is 349 g/mol. The van der Waals surface area contributed by atoms with Gasteiger partial charge in [0.25, 0.3) is 5.91 Å². The van der Waals surface area contributed by atoms with Crippen molar-refractivity contribution in [3.05, 3.63) is 29.8 Å². The van der Waals surface area contributed by atoms with Gasteiger partial charge in [-0.25, -0.2) is 4.39 Å². The molecule has 1 spiro atoms. The molecule has 136 valence electrons. The van der Waals surface area contributed by atoms with Gasteiger partial charge in [-0.05, 0) is 31.7 Å². The van der Waals surface area contributed by atoms with Gasteiger partial charge in [0, 0.05) is 39.5 Å². The van der Waals surface area contributed by atoms with Crippen LogP contribution in [0.5, 0.6) is 0 Å². The molecule has 2 fully saturated rings. The minimum atomic E-state index is -0.603. The number of carbonyl (C=O) groups excluding carboxylic acids is 2. The molecule has 0 aromatic carbocycles. The predicted molar refractivity (Wildman–Crippen MR) is 89.5 cm³/mol. The number of pyridine rings is 1. The number of amides is 2. The standard InChI is InChI=1S/C18H24FN3O3/c1-25-12-11-22-10-6-18(17(22)24)4-2-8-21(9-5-18)16(23)14-3-7-20-13-15(14)19/h3,7,13H,2,4-6,8-12H2,1H3. The number of nitrogens with zero attached hydrogens (tertiary/aromatic N) is 3. The smallest absolute Gasteiger partial charge is 0.256 e. The van der Waals surface area contributed by atoms with Crippen molar-refractivity contribution in [1.29, 1.82) is 0 Å². The highest BCUT2D eigenvalue weighted by Crippen LogP contribution is 2.41. The molecule has 25 heavy (non-hydrogen) atoms. The van der Waals surface area contributed by atoms with E-state index in [1.165, 1.54) is 12.3 Å². The summed E-state index contributed by atoms with van der Waals surface area (Å²) in [7, 11) is 1.63. The minimum Gasteiger partial charge on any atom is -0.383 e. The Bertz CT molecular complexity index is 654. The van der Waals surface area contributed by atoms with Crippen molar-refractivity contribution in [3.8, 4) is 0 Å². The molecule has 3 rings (SSSR count). The Labute approximate surface area is 147 Å². The first-order chi connectivity index (χ1) is 12.1. The van der Waals surface area contributed by atoms with E-state index < -0.39 is 5.82 Å². The van der Waals surface area contributed by atoms with Crippen LogP contribution in [0.2, 0.25) is 0 Å². The van der Waals surface area contributed by atoms with Crippen LogP contribution in [0.1, 0.15) is 36.0 Å². The van der Waals surface area contributed by atoms with E-state index >= 15 is 0 Å². The Hall–Kier alpha value is -2.02. The van der Waals surface area contributed by atoms with E-state index in [4.69, 9.17) is 4.74 Å². The Morgan fingerprint density at radius 2 is 2.12 bits per heavy atom. The number of likely N-dealkylation sites (tertiary alicyclic amines) is 2. The van der Waals surface area contributed by atoms with Crippen molar-refractivity contribution in [2.24, 2.45) is 5.41 Å². The predicted octanol–water partition coefficient (Wildman–Crippen LogP) is 1.71. The zero-order valence-corrected chi connectivity index (χ0v) is 14.5. The van der Waals surface area contributed by atoms with Crippen LogP contribution < -0.4 is 0 Å². The van der Waals surface area contributed by atoms with Gasteiger partial charge in [-0.2, -0.15) is 0 Å². The van der Waals surface area contributed by atoms with E-state index in [1.54, 1.807) is 12.0 Å². The first-order valence-electron chi connectivity index (χ1n) is 8.74. The van der Waals surface area contributed by atoms with Crippen molar-refractivity contribution in [2.75, 3.05) is 39.9 Å². The Morgan fingerprint density at radius 3 is 2.88 bits per heavy atom. The second kappa shape index (κ2) is 7.47. The molecule has 7 heteroatoms. The Morgan fingerprint density at radius 1 is 1.32 bits per heavy atom. The molecule has 2 saturated heterocycles. The van der Waals surface area contributed by atoms with Crippen LogP contribution in [0.3, 0.4) is 0 Å². The van der Waals surface area contributed by atoms with Crippen molar-refractivity contribution in [2.45, 2.75) is 25.7 Å². The molecule has 0 saturated carbocycles. The van der Waals surface area contributed by atoms with Gasteiger partial charge in [0.15, 0.2) is 5.82 Å². The topological polar surface area (TPSA) is 62.7 Å². The van der Waals surface area contributed by atoms with Gasteiger partial charge in [0.1, 0.15) is 0 Å². The maximum atomic E-state index is 13.8. The molecule has 1 atom stereocenters. The molecule has 0 radical (unpaired) electrons. The van der Waals surface area contributed by atoms with E-state index in [-0.39, 0.29) is 22.8 Å². The maximum Gasteiger partial charge on any atom is 0.256 e. The number of rotatable bonds is 4. The highest BCUT2D eigenvalue weighted by Gasteiger charge is 2.47. The third kappa shape index (κ3) is 3.51. The summed E-state index contributed by atoms with van der Waals surface area (Å²) in [5.74, 6) is -0.748. The van der Waals surface area contributed by atoms with E-state index in [2.05, 4.69) is 4.98 Å². The lowest BCUT2D eigenvalue weighted by atomic mass is 9.79. The number of aromatic nitrogens is 1. The van der Waals surface area contributed by atoms with E-state index in [9.17, 15) is 14.0 Å². The number of hydrogen-bond donors (Lipinski definition) is 0. The lowest BCUT2D eigenvalue weighted by Gasteiger charge is -2.26. The first-order valence-corrected chi connectivity index (χ1v) is 8.74. The quantitative estimate of drug-likeness (QED) is 0.830. The van der Waals surface area contributed by atoms with Crippen LogP contribution in [-0.4, -0.2) is 66.5 Å². The van der Waals surface area contributed by atoms with Crippen LogP contribution in [0.4, 0.5) is 4.39 Å². The van der Waals surface area contributed by atoms with Crippen molar-refractivity contribution >= 4 is 11.8 Å². The van der Waals surface area contributed by atoms with E-state index in [1.807, 2.05) is 4.90 Å². The minimum absolute atomic E-state index is 0.0467. The fraction of sp³-hybridized carbons (Fsp3) is 0.611. The zero-order valence-electron chi connectivity index (χ0n) is 14.5. The van der Waals surface area contributed by atoms with Gasteiger partial charge in [-0.1, -0.05) is 0 Å². The summed E-state index contributed by atoms with van der Waals surface area (Å²) < 4.78 is 18.9. The molecule has 2 aliphatic heterocycles. The summed E-state index contributed by atoms with van der Waals surface area (Å²) in [6, 6.07) is 1.41. The van der Waals surface area contributed by atoms with Crippen molar-refractivity contribution < 1.29 is 18.7 Å². The fourth-order valence-electron chi connectivity index (χ4n) is 3.89. The molecule has 2 aliphatic rings. The van der Waals surface area contributed by atoms with Gasteiger partial charge < -0.3 is 14.5 Å². The Balaban J connectivity index is 1.68. The second-order valence-electron chi connectivity index (χ2n) is 6.82. The highest BCUT2D eigenvalue weighted by atomic mass is 19.1. The fourth-order valence-corrected chi connectivity index (χ4v) is 3.89. The molecule has 3 heterocycles. The number of carbonyl (C=O) groups is 2. The lowest BCUT2D eigenvalue weighted by Crippen LogP contribution is -2.38. The number of ether oxygens (including phenoxy) is 1. The monoisotopic (exact) mass is 349 g/mol. The van der Waals surface area contributed by atoms with E-state index in [0.717, 1.165) is 32.0 Å². The average Bonchev–Trinajstić information content (AvgIpc) is 2.79. The van der Waals surface area contributed by atoms with Gasteiger partial charge in [-0.15, -0.1) is 0 Å². The Kier molecular flexibility index (Phi) is 5.32. The molecule has 2 amide bonds. The number of methoxy groups -OCH3 is 1. The summed E-state index contributed by atoms with van der Waals surface area (Å²) in [4.78, 5) is 32.7. The lowest BCUT2D eigenvalue weighted by molar-refractivity contribution is -0.137. The summed E-state index contributed by atoms with van der Waals surface area (Å²) >= 11 is 0. The van der Waals surface area contributed by atoms with Crippen LogP contribution >= 0.6 is 0 Å². The number of hydrogen-bond acceptors (Lipinski definition) is 4. The van der Waals surface area contributed by atoms with Gasteiger partial charge in [0.05, 0.1) is 23.8 Å². The van der Waals surface area contributed by atoms with Crippen molar-refractivity contribution in [1.82, 2.24) is 14.8 Å². The van der Waals surface area contributed by atoms with Crippen molar-refractivity contribution in [3.63, 3.8) is 0 Å². The third-order valence-electron chi connectivity index (χ3n) is 5.40. The molecule has 1 unspecified atom stereocenters. The summed E-state index contributed by atoms with van der Waals surface area (Å²) in [6.07, 6.45) is 5.46. The summed E-state index contributed by atoms with van der Waals surface area (Å²) in [5, 5.41) is 0. The van der Waals surface area contributed by atoms with E-state index in [0.29, 0.717) is 32.7 Å². The SMILES string of the molecule is COCCN1CCC2(CCCN(C(=O)c3ccncc3F)CC2)C1=O. The first kappa shape index (κ1) is 17.8. The maximum absolute atomic E-state index is 13.8. The molecular weight excluding hydrogens is 325 g/mol. The van der Waals surface area contributed by atoms with Crippen LogP contribution in [-0.2, 0) is 9.53 Å². The molecule has 1 aromatic rings.